The van der Waals surface area contributed by atoms with Gasteiger partial charge in [-0.3, -0.25) is 9.52 Å². The quantitative estimate of drug-likeness (QED) is 0.435. The van der Waals surface area contributed by atoms with Crippen molar-refractivity contribution < 1.29 is 13.2 Å². The Labute approximate surface area is 202 Å². The van der Waals surface area contributed by atoms with E-state index in [-0.39, 0.29) is 11.7 Å². The van der Waals surface area contributed by atoms with Crippen molar-refractivity contribution >= 4 is 38.2 Å². The summed E-state index contributed by atoms with van der Waals surface area (Å²) in [4.78, 5) is 14.8. The molecule has 182 valence electrons. The number of nitrogens with two attached hydrogens (primary N) is 1. The molecular weight excluding hydrogens is 448 g/mol. The fourth-order valence-electron chi connectivity index (χ4n) is 4.68. The Bertz CT molecular complexity index is 1290. The molecule has 1 heterocycles. The van der Waals surface area contributed by atoms with Gasteiger partial charge in [-0.05, 0) is 69.9 Å². The highest BCUT2D eigenvalue weighted by molar-refractivity contribution is 7.92. The maximum atomic E-state index is 13.0. The lowest BCUT2D eigenvalue weighted by molar-refractivity contribution is 0.0773. The van der Waals surface area contributed by atoms with Crippen molar-refractivity contribution in [2.45, 2.75) is 52.5 Å². The van der Waals surface area contributed by atoms with E-state index in [9.17, 15) is 13.2 Å². The van der Waals surface area contributed by atoms with Crippen LogP contribution < -0.4 is 10.5 Å². The predicted octanol–water partition coefficient (Wildman–Crippen LogP) is 5.25. The van der Waals surface area contributed by atoms with Crippen LogP contribution in [0.25, 0.3) is 22.2 Å². The maximum absolute atomic E-state index is 13.0. The first-order chi connectivity index (χ1) is 16.3. The first kappa shape index (κ1) is 24.1. The smallest absolute Gasteiger partial charge is 0.253 e. The first-order valence-electron chi connectivity index (χ1n) is 12.1. The summed E-state index contributed by atoms with van der Waals surface area (Å²) < 4.78 is 29.2. The number of nitrogens with one attached hydrogen (secondary N) is 1. The van der Waals surface area contributed by atoms with E-state index in [0.29, 0.717) is 42.5 Å². The van der Waals surface area contributed by atoms with Gasteiger partial charge in [-0.25, -0.2) is 8.42 Å². The number of sulfonamides is 1. The molecule has 1 aliphatic carbocycles. The SMILES string of the molecule is CCCS(=O)(=O)Nc1ccc(-c2c(N)c3ccc(C(=O)N(CC)CC)cc3n2C2CCC2)cc1. The van der Waals surface area contributed by atoms with Crippen LogP contribution in [0.15, 0.2) is 42.5 Å². The van der Waals surface area contributed by atoms with Crippen LogP contribution in [-0.4, -0.2) is 42.6 Å². The van der Waals surface area contributed by atoms with Crippen molar-refractivity contribution in [1.82, 2.24) is 9.47 Å². The van der Waals surface area contributed by atoms with Gasteiger partial charge in [0.15, 0.2) is 0 Å². The molecule has 2 aromatic carbocycles. The summed E-state index contributed by atoms with van der Waals surface area (Å²) in [6.45, 7) is 7.14. The summed E-state index contributed by atoms with van der Waals surface area (Å²) in [5.74, 6) is 0.115. The number of carbonyl (C=O) groups is 1. The Balaban J connectivity index is 1.78. The lowest BCUT2D eigenvalue weighted by atomic mass is 9.92. The molecule has 0 spiro atoms. The monoisotopic (exact) mass is 482 g/mol. The van der Waals surface area contributed by atoms with Gasteiger partial charge >= 0.3 is 0 Å². The van der Waals surface area contributed by atoms with Crippen molar-refractivity contribution in [3.05, 3.63) is 48.0 Å². The van der Waals surface area contributed by atoms with E-state index in [2.05, 4.69) is 9.29 Å². The van der Waals surface area contributed by atoms with Crippen molar-refractivity contribution in [2.24, 2.45) is 0 Å². The number of fused-ring (bicyclic) bond motifs is 1. The van der Waals surface area contributed by atoms with Crippen molar-refractivity contribution in [3.8, 4) is 11.3 Å². The fourth-order valence-corrected chi connectivity index (χ4v) is 5.81. The molecule has 1 aliphatic rings. The van der Waals surface area contributed by atoms with Gasteiger partial charge in [0.1, 0.15) is 0 Å². The van der Waals surface area contributed by atoms with Gasteiger partial charge < -0.3 is 15.2 Å². The van der Waals surface area contributed by atoms with E-state index in [1.54, 1.807) is 12.1 Å². The summed E-state index contributed by atoms with van der Waals surface area (Å²) in [5.41, 5.74) is 11.4. The molecule has 3 N–H and O–H groups in total. The van der Waals surface area contributed by atoms with Crippen LogP contribution in [0.2, 0.25) is 0 Å². The number of carbonyl (C=O) groups excluding carboxylic acids is 1. The van der Waals surface area contributed by atoms with E-state index in [0.717, 1.165) is 35.0 Å². The zero-order valence-corrected chi connectivity index (χ0v) is 21.0. The Morgan fingerprint density at radius 3 is 2.32 bits per heavy atom. The van der Waals surface area contributed by atoms with Crippen LogP contribution in [0, 0.1) is 0 Å². The number of nitrogen functional groups attached to an aromatic ring is 1. The van der Waals surface area contributed by atoms with E-state index in [1.165, 1.54) is 6.42 Å². The molecule has 0 unspecified atom stereocenters. The fraction of sp³-hybridized carbons (Fsp3) is 0.423. The molecule has 0 radical (unpaired) electrons. The van der Waals surface area contributed by atoms with Crippen LogP contribution in [0.3, 0.4) is 0 Å². The highest BCUT2D eigenvalue weighted by Crippen LogP contribution is 2.44. The second kappa shape index (κ2) is 9.70. The minimum absolute atomic E-state index is 0.0251. The summed E-state index contributed by atoms with van der Waals surface area (Å²) in [5, 5.41) is 0.936. The van der Waals surface area contributed by atoms with Gasteiger partial charge in [-0.1, -0.05) is 19.1 Å². The predicted molar refractivity (Wildman–Crippen MR) is 140 cm³/mol. The van der Waals surface area contributed by atoms with Gasteiger partial charge in [0.25, 0.3) is 5.91 Å². The summed E-state index contributed by atoms with van der Waals surface area (Å²) >= 11 is 0. The first-order valence-corrected chi connectivity index (χ1v) is 13.8. The average molecular weight is 483 g/mol. The number of aromatic nitrogens is 1. The van der Waals surface area contributed by atoms with Gasteiger partial charge in [0.05, 0.1) is 22.7 Å². The number of nitrogens with zero attached hydrogens (tertiary/aromatic N) is 2. The van der Waals surface area contributed by atoms with Crippen LogP contribution in [0.5, 0.6) is 0 Å². The van der Waals surface area contributed by atoms with E-state index >= 15 is 0 Å². The lowest BCUT2D eigenvalue weighted by Gasteiger charge is -2.30. The highest BCUT2D eigenvalue weighted by Gasteiger charge is 2.27. The normalized spacial score (nSPS) is 14.2. The third kappa shape index (κ3) is 4.51. The Kier molecular flexibility index (Phi) is 6.89. The summed E-state index contributed by atoms with van der Waals surface area (Å²) in [7, 11) is -3.35. The summed E-state index contributed by atoms with van der Waals surface area (Å²) in [6.07, 6.45) is 3.86. The van der Waals surface area contributed by atoms with Crippen LogP contribution in [-0.2, 0) is 10.0 Å². The minimum atomic E-state index is -3.35. The number of rotatable bonds is 9. The molecule has 3 aromatic rings. The van der Waals surface area contributed by atoms with Crippen LogP contribution in [0.4, 0.5) is 11.4 Å². The molecular formula is C26H34N4O3S. The topological polar surface area (TPSA) is 97.4 Å². The van der Waals surface area contributed by atoms with Crippen LogP contribution >= 0.6 is 0 Å². The van der Waals surface area contributed by atoms with Crippen molar-refractivity contribution in [1.29, 1.82) is 0 Å². The molecule has 1 saturated carbocycles. The van der Waals surface area contributed by atoms with Gasteiger partial charge in [0, 0.05) is 41.3 Å². The molecule has 0 aliphatic heterocycles. The van der Waals surface area contributed by atoms with Gasteiger partial charge in [0.2, 0.25) is 10.0 Å². The third-order valence-corrected chi connectivity index (χ3v) is 8.18. The molecule has 1 fully saturated rings. The van der Waals surface area contributed by atoms with Gasteiger partial charge in [-0.2, -0.15) is 0 Å². The van der Waals surface area contributed by atoms with E-state index < -0.39 is 10.0 Å². The van der Waals surface area contributed by atoms with E-state index in [1.807, 2.05) is 56.0 Å². The molecule has 7 nitrogen and oxygen atoms in total. The highest BCUT2D eigenvalue weighted by atomic mass is 32.2. The molecule has 34 heavy (non-hydrogen) atoms. The number of hydrogen-bond acceptors (Lipinski definition) is 4. The summed E-state index contributed by atoms with van der Waals surface area (Å²) in [6, 6.07) is 13.5. The Morgan fingerprint density at radius 1 is 1.09 bits per heavy atom. The second-order valence-corrected chi connectivity index (χ2v) is 10.8. The minimum Gasteiger partial charge on any atom is -0.396 e. The Hall–Kier alpha value is -3.00. The maximum Gasteiger partial charge on any atom is 0.253 e. The number of hydrogen-bond donors (Lipinski definition) is 2. The molecule has 0 bridgehead atoms. The van der Waals surface area contributed by atoms with Gasteiger partial charge in [-0.15, -0.1) is 0 Å². The second-order valence-electron chi connectivity index (χ2n) is 8.92. The van der Waals surface area contributed by atoms with Crippen molar-refractivity contribution in [3.63, 3.8) is 0 Å². The zero-order chi connectivity index (χ0) is 24.5. The van der Waals surface area contributed by atoms with Crippen LogP contribution in [0.1, 0.15) is 62.9 Å². The number of amides is 1. The average Bonchev–Trinajstić information content (AvgIpc) is 3.05. The molecule has 0 saturated heterocycles. The standard InChI is InChI=1S/C26H34N4O3S/c1-4-16-34(32,33)28-20-13-10-18(11-14-20)25-24(27)22-15-12-19(26(31)29(5-2)6-3)17-23(22)30(25)21-8-7-9-21/h10-15,17,21,28H,4-9,16,27H2,1-3H3. The third-order valence-electron chi connectivity index (χ3n) is 6.69. The molecule has 0 atom stereocenters. The van der Waals surface area contributed by atoms with Crippen molar-refractivity contribution in [2.75, 3.05) is 29.3 Å². The Morgan fingerprint density at radius 2 is 1.76 bits per heavy atom. The molecule has 4 rings (SSSR count). The number of benzene rings is 2. The lowest BCUT2D eigenvalue weighted by Crippen LogP contribution is -2.30. The molecule has 1 amide bonds. The molecule has 8 heteroatoms. The van der Waals surface area contributed by atoms with E-state index in [4.69, 9.17) is 5.73 Å². The largest absolute Gasteiger partial charge is 0.396 e. The zero-order valence-electron chi connectivity index (χ0n) is 20.2. The number of anilines is 2. The molecule has 1 aromatic heterocycles.